The van der Waals surface area contributed by atoms with E-state index in [9.17, 15) is 0 Å². The molecule has 1 unspecified atom stereocenters. The monoisotopic (exact) mass is 265 g/mol. The summed E-state index contributed by atoms with van der Waals surface area (Å²) < 4.78 is 5.60. The molecular formula is C15H27N3O. The summed E-state index contributed by atoms with van der Waals surface area (Å²) in [6.07, 6.45) is 0. The number of likely N-dealkylation sites (N-methyl/N-ethyl adjacent to an activating group) is 1. The Labute approximate surface area is 116 Å². The molecule has 0 heterocycles. The molecule has 0 saturated heterocycles. The normalized spacial score (nSPS) is 13.7. The Kier molecular flexibility index (Phi) is 4.96. The van der Waals surface area contributed by atoms with Gasteiger partial charge in [-0.05, 0) is 52.9 Å². The Bertz CT molecular complexity index is 441. The van der Waals surface area contributed by atoms with Crippen molar-refractivity contribution in [3.8, 4) is 5.75 Å². The second kappa shape index (κ2) is 5.90. The van der Waals surface area contributed by atoms with Gasteiger partial charge in [-0.25, -0.2) is 0 Å². The molecule has 4 nitrogen and oxygen atoms in total. The van der Waals surface area contributed by atoms with Gasteiger partial charge in [0.1, 0.15) is 5.75 Å². The Morgan fingerprint density at radius 2 is 1.84 bits per heavy atom. The van der Waals surface area contributed by atoms with Gasteiger partial charge < -0.3 is 9.64 Å². The van der Waals surface area contributed by atoms with Gasteiger partial charge in [0.15, 0.2) is 0 Å². The predicted octanol–water partition coefficient (Wildman–Crippen LogP) is 2.16. The number of aryl methyl sites for hydroxylation is 1. The standard InChI is InChI=1S/C15H27N3O/c1-10-8-9-12(13(19-7)11(10)2)14(17-16)15(3,4)18(5)6/h8-9,14,17H,16H2,1-7H3. The number of hydrogen-bond acceptors (Lipinski definition) is 4. The zero-order valence-electron chi connectivity index (χ0n) is 13.2. The van der Waals surface area contributed by atoms with Gasteiger partial charge in [0.25, 0.3) is 0 Å². The van der Waals surface area contributed by atoms with Crippen LogP contribution in [0.1, 0.15) is 36.6 Å². The van der Waals surface area contributed by atoms with Crippen LogP contribution in [0.15, 0.2) is 12.1 Å². The van der Waals surface area contributed by atoms with E-state index in [1.807, 2.05) is 0 Å². The summed E-state index contributed by atoms with van der Waals surface area (Å²) in [6.45, 7) is 8.48. The molecule has 0 aliphatic rings. The molecule has 3 N–H and O–H groups in total. The minimum Gasteiger partial charge on any atom is -0.496 e. The van der Waals surface area contributed by atoms with Crippen LogP contribution in [0.5, 0.6) is 5.75 Å². The van der Waals surface area contributed by atoms with Crippen molar-refractivity contribution in [2.75, 3.05) is 21.2 Å². The molecule has 0 amide bonds. The lowest BCUT2D eigenvalue weighted by Gasteiger charge is -2.40. The van der Waals surface area contributed by atoms with Gasteiger partial charge in [-0.15, -0.1) is 0 Å². The highest BCUT2D eigenvalue weighted by Crippen LogP contribution is 2.37. The van der Waals surface area contributed by atoms with Crippen molar-refractivity contribution in [1.82, 2.24) is 10.3 Å². The first-order valence-corrected chi connectivity index (χ1v) is 6.55. The highest BCUT2D eigenvalue weighted by atomic mass is 16.5. The van der Waals surface area contributed by atoms with E-state index >= 15 is 0 Å². The van der Waals surface area contributed by atoms with Gasteiger partial charge in [-0.2, -0.15) is 0 Å². The summed E-state index contributed by atoms with van der Waals surface area (Å²) in [5.41, 5.74) is 6.28. The number of benzene rings is 1. The molecule has 1 aromatic carbocycles. The molecule has 1 aromatic rings. The molecule has 1 rings (SSSR count). The molecule has 0 spiro atoms. The van der Waals surface area contributed by atoms with E-state index < -0.39 is 0 Å². The zero-order chi connectivity index (χ0) is 14.8. The van der Waals surface area contributed by atoms with Crippen LogP contribution in [0.3, 0.4) is 0 Å². The molecule has 19 heavy (non-hydrogen) atoms. The summed E-state index contributed by atoms with van der Waals surface area (Å²) in [4.78, 5) is 2.16. The molecule has 0 bridgehead atoms. The number of nitrogens with two attached hydrogens (primary N) is 1. The second-order valence-electron chi connectivity index (χ2n) is 5.78. The van der Waals surface area contributed by atoms with Gasteiger partial charge in [-0.3, -0.25) is 11.3 Å². The zero-order valence-corrected chi connectivity index (χ0v) is 13.2. The molecule has 0 aliphatic carbocycles. The fourth-order valence-corrected chi connectivity index (χ4v) is 2.24. The summed E-state index contributed by atoms with van der Waals surface area (Å²) in [6, 6.07) is 4.19. The van der Waals surface area contributed by atoms with E-state index in [0.717, 1.165) is 16.9 Å². The molecule has 1 atom stereocenters. The lowest BCUT2D eigenvalue weighted by atomic mass is 9.86. The minimum absolute atomic E-state index is 0.0169. The Morgan fingerprint density at radius 1 is 1.26 bits per heavy atom. The van der Waals surface area contributed by atoms with Crippen molar-refractivity contribution in [3.05, 3.63) is 28.8 Å². The largest absolute Gasteiger partial charge is 0.496 e. The number of nitrogens with zero attached hydrogens (tertiary/aromatic N) is 1. The molecular weight excluding hydrogens is 238 g/mol. The van der Waals surface area contributed by atoms with Crippen molar-refractivity contribution in [2.45, 2.75) is 39.3 Å². The number of ether oxygens (including phenoxy) is 1. The summed E-state index contributed by atoms with van der Waals surface area (Å²) in [7, 11) is 5.82. The number of rotatable bonds is 5. The quantitative estimate of drug-likeness (QED) is 0.633. The third-order valence-electron chi connectivity index (χ3n) is 4.25. The van der Waals surface area contributed by atoms with Gasteiger partial charge in [-0.1, -0.05) is 12.1 Å². The van der Waals surface area contributed by atoms with Crippen molar-refractivity contribution in [1.29, 1.82) is 0 Å². The van der Waals surface area contributed by atoms with E-state index in [1.54, 1.807) is 7.11 Å². The van der Waals surface area contributed by atoms with Crippen molar-refractivity contribution in [2.24, 2.45) is 5.84 Å². The van der Waals surface area contributed by atoms with Gasteiger partial charge >= 0.3 is 0 Å². The van der Waals surface area contributed by atoms with Crippen LogP contribution < -0.4 is 16.0 Å². The average molecular weight is 265 g/mol. The van der Waals surface area contributed by atoms with Gasteiger partial charge in [0.05, 0.1) is 13.2 Å². The Balaban J connectivity index is 3.38. The first kappa shape index (κ1) is 16.0. The maximum Gasteiger partial charge on any atom is 0.126 e. The lowest BCUT2D eigenvalue weighted by Crippen LogP contribution is -2.51. The van der Waals surface area contributed by atoms with E-state index in [2.05, 4.69) is 64.2 Å². The molecule has 0 aliphatic heterocycles. The second-order valence-corrected chi connectivity index (χ2v) is 5.78. The maximum absolute atomic E-state index is 5.81. The lowest BCUT2D eigenvalue weighted by molar-refractivity contribution is 0.136. The van der Waals surface area contributed by atoms with Crippen LogP contribution in [-0.4, -0.2) is 31.6 Å². The predicted molar refractivity (Wildman–Crippen MR) is 80.3 cm³/mol. The third-order valence-corrected chi connectivity index (χ3v) is 4.25. The smallest absolute Gasteiger partial charge is 0.126 e. The van der Waals surface area contributed by atoms with Crippen LogP contribution >= 0.6 is 0 Å². The Morgan fingerprint density at radius 3 is 2.26 bits per heavy atom. The molecule has 0 radical (unpaired) electrons. The first-order valence-electron chi connectivity index (χ1n) is 6.55. The highest BCUT2D eigenvalue weighted by molar-refractivity contribution is 5.47. The summed E-state index contributed by atoms with van der Waals surface area (Å²) in [5.74, 6) is 6.72. The van der Waals surface area contributed by atoms with Crippen LogP contribution in [-0.2, 0) is 0 Å². The fraction of sp³-hybridized carbons (Fsp3) is 0.600. The number of nitrogens with one attached hydrogen (secondary N) is 1. The van der Waals surface area contributed by atoms with E-state index in [4.69, 9.17) is 10.6 Å². The third kappa shape index (κ3) is 2.91. The van der Waals surface area contributed by atoms with Crippen molar-refractivity contribution < 1.29 is 4.74 Å². The minimum atomic E-state index is -0.135. The topological polar surface area (TPSA) is 50.5 Å². The molecule has 108 valence electrons. The number of methoxy groups -OCH3 is 1. The van der Waals surface area contributed by atoms with E-state index in [1.165, 1.54) is 5.56 Å². The van der Waals surface area contributed by atoms with Crippen molar-refractivity contribution in [3.63, 3.8) is 0 Å². The Hall–Kier alpha value is -1.10. The van der Waals surface area contributed by atoms with Crippen LogP contribution in [0.4, 0.5) is 0 Å². The molecule has 0 fully saturated rings. The number of hydrogen-bond donors (Lipinski definition) is 2. The van der Waals surface area contributed by atoms with Crippen LogP contribution in [0.2, 0.25) is 0 Å². The maximum atomic E-state index is 5.81. The number of hydrazine groups is 1. The van der Waals surface area contributed by atoms with Crippen LogP contribution in [0.25, 0.3) is 0 Å². The molecule has 4 heteroatoms. The average Bonchev–Trinajstić information content (AvgIpc) is 2.34. The summed E-state index contributed by atoms with van der Waals surface area (Å²) in [5, 5.41) is 0. The van der Waals surface area contributed by atoms with Crippen molar-refractivity contribution >= 4 is 0 Å². The van der Waals surface area contributed by atoms with Crippen LogP contribution in [0, 0.1) is 13.8 Å². The van der Waals surface area contributed by atoms with Gasteiger partial charge in [0, 0.05) is 11.1 Å². The summed E-state index contributed by atoms with van der Waals surface area (Å²) >= 11 is 0. The highest BCUT2D eigenvalue weighted by Gasteiger charge is 2.34. The first-order chi connectivity index (χ1) is 8.77. The SMILES string of the molecule is COc1c(C(NN)C(C)(C)N(C)C)ccc(C)c1C. The van der Waals surface area contributed by atoms with E-state index in [-0.39, 0.29) is 11.6 Å². The van der Waals surface area contributed by atoms with E-state index in [0.29, 0.717) is 0 Å². The van der Waals surface area contributed by atoms with Gasteiger partial charge in [0.2, 0.25) is 0 Å². The molecule has 0 saturated carbocycles. The fourth-order valence-electron chi connectivity index (χ4n) is 2.24. The molecule has 0 aromatic heterocycles.